The number of nitrogens with one attached hydrogen (secondary N) is 1. The SMILES string of the molecule is O=C(CCc1nc2ccccc2s1)NC1CCS(=O)(=O)C1. The molecule has 3 rings (SSSR count). The first-order valence-corrected chi connectivity index (χ1v) is 9.50. The third-order valence-electron chi connectivity index (χ3n) is 3.50. The fourth-order valence-corrected chi connectivity index (χ4v) is 5.10. The molecule has 0 spiro atoms. The number of hydrogen-bond acceptors (Lipinski definition) is 5. The van der Waals surface area contributed by atoms with Crippen molar-refractivity contribution < 1.29 is 13.2 Å². The van der Waals surface area contributed by atoms with Crippen LogP contribution in [0.2, 0.25) is 0 Å². The van der Waals surface area contributed by atoms with Crippen LogP contribution < -0.4 is 5.32 Å². The van der Waals surface area contributed by atoms with E-state index in [1.54, 1.807) is 11.3 Å². The van der Waals surface area contributed by atoms with E-state index in [4.69, 9.17) is 0 Å². The molecule has 1 aliphatic rings. The van der Waals surface area contributed by atoms with E-state index in [9.17, 15) is 13.2 Å². The molecule has 0 radical (unpaired) electrons. The molecule has 1 aromatic carbocycles. The van der Waals surface area contributed by atoms with E-state index in [-0.39, 0.29) is 23.5 Å². The zero-order chi connectivity index (χ0) is 14.9. The van der Waals surface area contributed by atoms with Crippen LogP contribution in [0.25, 0.3) is 10.2 Å². The van der Waals surface area contributed by atoms with Gasteiger partial charge in [0.2, 0.25) is 5.91 Å². The first-order valence-electron chi connectivity index (χ1n) is 6.86. The van der Waals surface area contributed by atoms with E-state index in [0.717, 1.165) is 15.2 Å². The van der Waals surface area contributed by atoms with Gasteiger partial charge < -0.3 is 5.32 Å². The Kier molecular flexibility index (Phi) is 3.95. The number of fused-ring (bicyclic) bond motifs is 1. The molecule has 1 N–H and O–H groups in total. The topological polar surface area (TPSA) is 76.1 Å². The van der Waals surface area contributed by atoms with Crippen molar-refractivity contribution in [1.29, 1.82) is 0 Å². The average molecular weight is 324 g/mol. The van der Waals surface area contributed by atoms with Gasteiger partial charge >= 0.3 is 0 Å². The highest BCUT2D eigenvalue weighted by atomic mass is 32.2. The van der Waals surface area contributed by atoms with Crippen molar-refractivity contribution in [2.24, 2.45) is 0 Å². The Bertz CT molecular complexity index is 734. The maximum atomic E-state index is 11.9. The first kappa shape index (κ1) is 14.5. The van der Waals surface area contributed by atoms with Crippen molar-refractivity contribution >= 4 is 37.3 Å². The summed E-state index contributed by atoms with van der Waals surface area (Å²) in [6.07, 6.45) is 1.45. The van der Waals surface area contributed by atoms with Crippen molar-refractivity contribution in [3.63, 3.8) is 0 Å². The van der Waals surface area contributed by atoms with Crippen LogP contribution in [0.1, 0.15) is 17.8 Å². The molecule has 0 aliphatic carbocycles. The number of sulfone groups is 1. The highest BCUT2D eigenvalue weighted by Crippen LogP contribution is 2.22. The van der Waals surface area contributed by atoms with Crippen molar-refractivity contribution in [3.05, 3.63) is 29.3 Å². The summed E-state index contributed by atoms with van der Waals surface area (Å²) in [7, 11) is -2.95. The molecule has 1 fully saturated rings. The normalized spacial score (nSPS) is 20.7. The van der Waals surface area contributed by atoms with Crippen molar-refractivity contribution in [2.45, 2.75) is 25.3 Å². The summed E-state index contributed by atoms with van der Waals surface area (Å²) in [6.45, 7) is 0. The number of carbonyl (C=O) groups is 1. The van der Waals surface area contributed by atoms with Gasteiger partial charge in [-0.2, -0.15) is 0 Å². The zero-order valence-corrected chi connectivity index (χ0v) is 13.0. The number of benzene rings is 1. The molecule has 1 atom stereocenters. The van der Waals surface area contributed by atoms with Crippen LogP contribution in [0.15, 0.2) is 24.3 Å². The molecule has 2 heterocycles. The number of aromatic nitrogens is 1. The van der Waals surface area contributed by atoms with Crippen molar-refractivity contribution in [1.82, 2.24) is 10.3 Å². The molecule has 1 amide bonds. The fourth-order valence-electron chi connectivity index (χ4n) is 2.46. The van der Waals surface area contributed by atoms with E-state index >= 15 is 0 Å². The molecule has 21 heavy (non-hydrogen) atoms. The van der Waals surface area contributed by atoms with E-state index in [1.165, 1.54) is 0 Å². The lowest BCUT2D eigenvalue weighted by Crippen LogP contribution is -2.35. The summed E-state index contributed by atoms with van der Waals surface area (Å²) in [5.41, 5.74) is 0.958. The van der Waals surface area contributed by atoms with Crippen LogP contribution in [0.4, 0.5) is 0 Å². The number of thiazole rings is 1. The van der Waals surface area contributed by atoms with Gasteiger partial charge in [-0.25, -0.2) is 13.4 Å². The lowest BCUT2D eigenvalue weighted by Gasteiger charge is -2.09. The number of carbonyl (C=O) groups excluding carboxylic acids is 1. The quantitative estimate of drug-likeness (QED) is 0.925. The molecular formula is C14H16N2O3S2. The molecule has 0 saturated carbocycles. The van der Waals surface area contributed by atoms with Gasteiger partial charge in [-0.1, -0.05) is 12.1 Å². The number of para-hydroxylation sites is 1. The Morgan fingerprint density at radius 3 is 2.90 bits per heavy atom. The second-order valence-electron chi connectivity index (χ2n) is 5.24. The minimum absolute atomic E-state index is 0.0693. The Morgan fingerprint density at radius 1 is 1.38 bits per heavy atom. The van der Waals surface area contributed by atoms with Crippen LogP contribution in [0.5, 0.6) is 0 Å². The minimum Gasteiger partial charge on any atom is -0.352 e. The number of hydrogen-bond donors (Lipinski definition) is 1. The van der Waals surface area contributed by atoms with Gasteiger partial charge in [0.05, 0.1) is 26.7 Å². The highest BCUT2D eigenvalue weighted by Gasteiger charge is 2.28. The average Bonchev–Trinajstić information content (AvgIpc) is 2.99. The zero-order valence-electron chi connectivity index (χ0n) is 11.4. The van der Waals surface area contributed by atoms with Gasteiger partial charge in [0.1, 0.15) is 0 Å². The molecule has 112 valence electrons. The van der Waals surface area contributed by atoms with E-state index in [1.807, 2.05) is 24.3 Å². The number of nitrogens with zero attached hydrogens (tertiary/aromatic N) is 1. The van der Waals surface area contributed by atoms with Crippen LogP contribution >= 0.6 is 11.3 Å². The number of rotatable bonds is 4. The summed E-state index contributed by atoms with van der Waals surface area (Å²) >= 11 is 1.59. The Labute approximate surface area is 127 Å². The second kappa shape index (κ2) is 5.73. The number of aryl methyl sites for hydroxylation is 1. The fraction of sp³-hybridized carbons (Fsp3) is 0.429. The van der Waals surface area contributed by atoms with Gasteiger partial charge in [0.15, 0.2) is 9.84 Å². The van der Waals surface area contributed by atoms with E-state index < -0.39 is 9.84 Å². The molecular weight excluding hydrogens is 308 g/mol. The smallest absolute Gasteiger partial charge is 0.220 e. The Balaban J connectivity index is 1.54. The van der Waals surface area contributed by atoms with Gasteiger partial charge in [0, 0.05) is 18.9 Å². The molecule has 1 aromatic heterocycles. The molecule has 1 unspecified atom stereocenters. The van der Waals surface area contributed by atoms with Gasteiger partial charge in [-0.3, -0.25) is 4.79 Å². The predicted molar refractivity (Wildman–Crippen MR) is 83.1 cm³/mol. The first-order chi connectivity index (χ1) is 10.0. The minimum atomic E-state index is -2.95. The van der Waals surface area contributed by atoms with Gasteiger partial charge in [-0.15, -0.1) is 11.3 Å². The van der Waals surface area contributed by atoms with Crippen LogP contribution in [0.3, 0.4) is 0 Å². The molecule has 1 saturated heterocycles. The third kappa shape index (κ3) is 3.59. The predicted octanol–water partition coefficient (Wildman–Crippen LogP) is 1.53. The van der Waals surface area contributed by atoms with E-state index in [0.29, 0.717) is 19.3 Å². The third-order valence-corrected chi connectivity index (χ3v) is 6.37. The summed E-state index contributed by atoms with van der Waals surface area (Å²) in [5, 5.41) is 3.73. The Morgan fingerprint density at radius 2 is 2.19 bits per heavy atom. The summed E-state index contributed by atoms with van der Waals surface area (Å²) in [4.78, 5) is 16.4. The summed E-state index contributed by atoms with van der Waals surface area (Å²) in [6, 6.07) is 7.66. The van der Waals surface area contributed by atoms with E-state index in [2.05, 4.69) is 10.3 Å². The lowest BCUT2D eigenvalue weighted by atomic mass is 10.2. The molecule has 5 nitrogen and oxygen atoms in total. The molecule has 2 aromatic rings. The van der Waals surface area contributed by atoms with Crippen LogP contribution in [-0.4, -0.2) is 36.9 Å². The summed E-state index contributed by atoms with van der Waals surface area (Å²) in [5.74, 6) is 0.145. The molecule has 7 heteroatoms. The van der Waals surface area contributed by atoms with Gasteiger partial charge in [-0.05, 0) is 18.6 Å². The van der Waals surface area contributed by atoms with Crippen LogP contribution in [-0.2, 0) is 21.1 Å². The monoisotopic (exact) mass is 324 g/mol. The lowest BCUT2D eigenvalue weighted by molar-refractivity contribution is -0.121. The maximum absolute atomic E-state index is 11.9. The largest absolute Gasteiger partial charge is 0.352 e. The molecule has 0 bridgehead atoms. The van der Waals surface area contributed by atoms with Crippen molar-refractivity contribution in [3.8, 4) is 0 Å². The van der Waals surface area contributed by atoms with Crippen LogP contribution in [0, 0.1) is 0 Å². The standard InChI is InChI=1S/C14H16N2O3S2/c17-13(15-10-7-8-21(18,19)9-10)5-6-14-16-11-3-1-2-4-12(11)20-14/h1-4,10H,5-9H2,(H,15,17). The number of amides is 1. The van der Waals surface area contributed by atoms with Gasteiger partial charge in [0.25, 0.3) is 0 Å². The maximum Gasteiger partial charge on any atom is 0.220 e. The summed E-state index contributed by atoms with van der Waals surface area (Å²) < 4.78 is 23.8. The van der Waals surface area contributed by atoms with Crippen molar-refractivity contribution in [2.75, 3.05) is 11.5 Å². The Hall–Kier alpha value is -1.47. The second-order valence-corrected chi connectivity index (χ2v) is 8.59. The molecule has 1 aliphatic heterocycles. The highest BCUT2D eigenvalue weighted by molar-refractivity contribution is 7.91.